The zero-order valence-electron chi connectivity index (χ0n) is 14.9. The molecule has 0 aliphatic carbocycles. The van der Waals surface area contributed by atoms with Crippen LogP contribution in [0, 0.1) is 5.82 Å². The van der Waals surface area contributed by atoms with Gasteiger partial charge in [0.25, 0.3) is 5.91 Å². The highest BCUT2D eigenvalue weighted by molar-refractivity contribution is 5.94. The van der Waals surface area contributed by atoms with E-state index in [0.717, 1.165) is 12.0 Å². The fraction of sp³-hybridized carbons (Fsp3) is 0.350. The van der Waals surface area contributed by atoms with Crippen LogP contribution >= 0.6 is 0 Å². The Bertz CT molecular complexity index is 761. The van der Waals surface area contributed by atoms with Crippen LogP contribution in [0.4, 0.5) is 4.39 Å². The predicted molar refractivity (Wildman–Crippen MR) is 98.6 cm³/mol. The normalized spacial score (nSPS) is 16.7. The quantitative estimate of drug-likeness (QED) is 0.777. The number of halogens is 1. The molecule has 2 aromatic carbocycles. The van der Waals surface area contributed by atoms with Gasteiger partial charge in [-0.2, -0.15) is 0 Å². The Morgan fingerprint density at radius 1 is 1.19 bits per heavy atom. The third-order valence-electron chi connectivity index (χ3n) is 4.15. The van der Waals surface area contributed by atoms with Gasteiger partial charge in [-0.25, -0.2) is 4.39 Å². The summed E-state index contributed by atoms with van der Waals surface area (Å²) in [5, 5.41) is 2.67. The molecule has 6 nitrogen and oxygen atoms in total. The zero-order chi connectivity index (χ0) is 19.1. The Labute approximate surface area is 157 Å². The second-order valence-electron chi connectivity index (χ2n) is 6.20. The molecule has 1 amide bonds. The molecule has 1 atom stereocenters. The minimum absolute atomic E-state index is 0.0796. The summed E-state index contributed by atoms with van der Waals surface area (Å²) in [4.78, 5) is 12.3. The maximum absolute atomic E-state index is 14.1. The molecule has 0 bridgehead atoms. The lowest BCUT2D eigenvalue weighted by atomic mass is 10.1. The number of nitrogens with one attached hydrogen (secondary N) is 1. The second kappa shape index (κ2) is 9.45. The number of nitrogens with two attached hydrogens (primary N) is 1. The van der Waals surface area contributed by atoms with Crippen molar-refractivity contribution in [3.05, 3.63) is 59.4 Å². The molecule has 144 valence electrons. The lowest BCUT2D eigenvalue weighted by Crippen LogP contribution is -2.39. The van der Waals surface area contributed by atoms with E-state index in [-0.39, 0.29) is 18.2 Å². The molecule has 0 aromatic heterocycles. The number of ether oxygens (including phenoxy) is 3. The minimum atomic E-state index is -0.612. The highest BCUT2D eigenvalue weighted by Gasteiger charge is 2.18. The number of amides is 1. The van der Waals surface area contributed by atoms with Crippen molar-refractivity contribution in [1.29, 1.82) is 0 Å². The molecule has 3 rings (SSSR count). The second-order valence-corrected chi connectivity index (χ2v) is 6.20. The summed E-state index contributed by atoms with van der Waals surface area (Å²) in [6, 6.07) is 11.6. The van der Waals surface area contributed by atoms with Crippen LogP contribution in [0.2, 0.25) is 0 Å². The summed E-state index contributed by atoms with van der Waals surface area (Å²) in [6.45, 7) is 2.28. The SMILES string of the molecule is NCCc1ccc(Oc2ccc(F)c(C(=O)NCC3COCCO3)c2)cc1. The van der Waals surface area contributed by atoms with Gasteiger partial charge < -0.3 is 25.3 Å². The van der Waals surface area contributed by atoms with Crippen LogP contribution in [0.1, 0.15) is 15.9 Å². The Balaban J connectivity index is 1.63. The molecule has 7 heteroatoms. The Morgan fingerprint density at radius 3 is 2.67 bits per heavy atom. The first-order chi connectivity index (χ1) is 13.2. The van der Waals surface area contributed by atoms with E-state index in [1.807, 2.05) is 24.3 Å². The van der Waals surface area contributed by atoms with E-state index in [1.165, 1.54) is 18.2 Å². The van der Waals surface area contributed by atoms with E-state index in [1.54, 1.807) is 0 Å². The Kier molecular flexibility index (Phi) is 6.75. The third kappa shape index (κ3) is 5.50. The summed E-state index contributed by atoms with van der Waals surface area (Å²) in [5.74, 6) is -0.156. The van der Waals surface area contributed by atoms with Crippen LogP contribution < -0.4 is 15.8 Å². The van der Waals surface area contributed by atoms with Crippen molar-refractivity contribution in [2.45, 2.75) is 12.5 Å². The number of hydrogen-bond donors (Lipinski definition) is 2. The largest absolute Gasteiger partial charge is 0.457 e. The van der Waals surface area contributed by atoms with Gasteiger partial charge in [-0.3, -0.25) is 4.79 Å². The molecule has 0 saturated carbocycles. The van der Waals surface area contributed by atoms with Gasteiger partial charge in [0.05, 0.1) is 31.5 Å². The van der Waals surface area contributed by atoms with Crippen molar-refractivity contribution in [3.8, 4) is 11.5 Å². The first-order valence-electron chi connectivity index (χ1n) is 8.89. The van der Waals surface area contributed by atoms with E-state index in [9.17, 15) is 9.18 Å². The maximum atomic E-state index is 14.1. The molecule has 1 aliphatic rings. The van der Waals surface area contributed by atoms with Crippen molar-refractivity contribution in [2.75, 3.05) is 32.9 Å². The molecule has 3 N–H and O–H groups in total. The lowest BCUT2D eigenvalue weighted by Gasteiger charge is -2.23. The van der Waals surface area contributed by atoms with E-state index < -0.39 is 11.7 Å². The number of benzene rings is 2. The smallest absolute Gasteiger partial charge is 0.254 e. The Hall–Kier alpha value is -2.48. The van der Waals surface area contributed by atoms with E-state index in [0.29, 0.717) is 37.9 Å². The van der Waals surface area contributed by atoms with Crippen LogP contribution in [-0.2, 0) is 15.9 Å². The number of carbonyl (C=O) groups is 1. The summed E-state index contributed by atoms with van der Waals surface area (Å²) in [5.41, 5.74) is 6.56. The minimum Gasteiger partial charge on any atom is -0.457 e. The van der Waals surface area contributed by atoms with Crippen LogP contribution in [0.3, 0.4) is 0 Å². The van der Waals surface area contributed by atoms with Crippen LogP contribution in [0.25, 0.3) is 0 Å². The number of rotatable bonds is 7. The summed E-state index contributed by atoms with van der Waals surface area (Å²) in [7, 11) is 0. The molecule has 1 unspecified atom stereocenters. The van der Waals surface area contributed by atoms with E-state index in [4.69, 9.17) is 19.9 Å². The van der Waals surface area contributed by atoms with Gasteiger partial charge in [-0.15, -0.1) is 0 Å². The molecule has 0 spiro atoms. The van der Waals surface area contributed by atoms with Gasteiger partial charge >= 0.3 is 0 Å². The monoisotopic (exact) mass is 374 g/mol. The first-order valence-corrected chi connectivity index (χ1v) is 8.89. The fourth-order valence-corrected chi connectivity index (χ4v) is 2.72. The molecule has 2 aromatic rings. The first kappa shape index (κ1) is 19.3. The summed E-state index contributed by atoms with van der Waals surface area (Å²) in [6.07, 6.45) is 0.564. The van der Waals surface area contributed by atoms with Crippen LogP contribution in [0.15, 0.2) is 42.5 Å². The highest BCUT2D eigenvalue weighted by atomic mass is 19.1. The molecular weight excluding hydrogens is 351 g/mol. The van der Waals surface area contributed by atoms with Crippen molar-refractivity contribution in [1.82, 2.24) is 5.32 Å². The van der Waals surface area contributed by atoms with Gasteiger partial charge in [-0.1, -0.05) is 12.1 Å². The van der Waals surface area contributed by atoms with Crippen LogP contribution in [-0.4, -0.2) is 44.9 Å². The molecule has 0 radical (unpaired) electrons. The molecule has 1 aliphatic heterocycles. The molecular formula is C20H23FN2O4. The summed E-state index contributed by atoms with van der Waals surface area (Å²) >= 11 is 0. The highest BCUT2D eigenvalue weighted by Crippen LogP contribution is 2.24. The number of hydrogen-bond acceptors (Lipinski definition) is 5. The molecule has 1 heterocycles. The number of carbonyl (C=O) groups excluding carboxylic acids is 1. The Morgan fingerprint density at radius 2 is 1.96 bits per heavy atom. The standard InChI is InChI=1S/C20H23FN2O4/c21-19-6-5-16(27-15-3-1-14(2-4-15)7-8-22)11-18(19)20(24)23-12-17-13-25-9-10-26-17/h1-6,11,17H,7-10,12-13,22H2,(H,23,24). The van der Waals surface area contributed by atoms with Crippen LogP contribution in [0.5, 0.6) is 11.5 Å². The predicted octanol–water partition coefficient (Wildman–Crippen LogP) is 2.26. The van der Waals surface area contributed by atoms with E-state index in [2.05, 4.69) is 5.32 Å². The zero-order valence-corrected chi connectivity index (χ0v) is 14.9. The third-order valence-corrected chi connectivity index (χ3v) is 4.15. The molecule has 1 fully saturated rings. The van der Waals surface area contributed by atoms with Crippen molar-refractivity contribution >= 4 is 5.91 Å². The van der Waals surface area contributed by atoms with Crippen molar-refractivity contribution in [3.63, 3.8) is 0 Å². The van der Waals surface area contributed by atoms with Gasteiger partial charge in [0.15, 0.2) is 0 Å². The van der Waals surface area contributed by atoms with Gasteiger partial charge in [0, 0.05) is 6.54 Å². The van der Waals surface area contributed by atoms with Gasteiger partial charge in [0.1, 0.15) is 17.3 Å². The average Bonchev–Trinajstić information content (AvgIpc) is 2.70. The van der Waals surface area contributed by atoms with E-state index >= 15 is 0 Å². The molecule has 27 heavy (non-hydrogen) atoms. The fourth-order valence-electron chi connectivity index (χ4n) is 2.72. The van der Waals surface area contributed by atoms with Crippen molar-refractivity contribution < 1.29 is 23.4 Å². The van der Waals surface area contributed by atoms with Gasteiger partial charge in [0.2, 0.25) is 0 Å². The molecule has 1 saturated heterocycles. The van der Waals surface area contributed by atoms with Gasteiger partial charge in [-0.05, 0) is 48.9 Å². The summed E-state index contributed by atoms with van der Waals surface area (Å²) < 4.78 is 30.5. The maximum Gasteiger partial charge on any atom is 0.254 e. The lowest BCUT2D eigenvalue weighted by molar-refractivity contribution is -0.0855. The van der Waals surface area contributed by atoms with Crippen molar-refractivity contribution in [2.24, 2.45) is 5.73 Å². The average molecular weight is 374 g/mol. The topological polar surface area (TPSA) is 82.8 Å².